The predicted octanol–water partition coefficient (Wildman–Crippen LogP) is 2.12. The van der Waals surface area contributed by atoms with Gasteiger partial charge in [0.25, 0.3) is 0 Å². The van der Waals surface area contributed by atoms with Crippen molar-refractivity contribution in [1.82, 2.24) is 19.1 Å². The van der Waals surface area contributed by atoms with Crippen molar-refractivity contribution in [3.05, 3.63) is 34.3 Å². The Morgan fingerprint density at radius 3 is 1.79 bits per heavy atom. The van der Waals surface area contributed by atoms with E-state index in [1.807, 2.05) is 0 Å². The van der Waals surface area contributed by atoms with Gasteiger partial charge in [0.1, 0.15) is 21.9 Å². The molecular weight excluding hydrogens is 316 g/mol. The summed E-state index contributed by atoms with van der Waals surface area (Å²) in [6, 6.07) is -0.235. The fraction of sp³-hybridized carbons (Fsp3) is 0. The molecule has 5 nitrogen and oxygen atoms in total. The first-order chi connectivity index (χ1) is 6.66. The molecule has 0 saturated heterocycles. The monoisotopic (exact) mass is 318 g/mol. The molecule has 0 spiro atoms. The van der Waals surface area contributed by atoms with E-state index in [4.69, 9.17) is 0 Å². The van der Waals surface area contributed by atoms with E-state index in [0.29, 0.717) is 9.21 Å². The van der Waals surface area contributed by atoms with Crippen molar-refractivity contribution in [2.24, 2.45) is 0 Å². The van der Waals surface area contributed by atoms with Gasteiger partial charge in [-0.1, -0.05) is 0 Å². The minimum atomic E-state index is -0.235. The Morgan fingerprint density at radius 2 is 1.50 bits per heavy atom. The van der Waals surface area contributed by atoms with Crippen LogP contribution in [0.1, 0.15) is 0 Å². The first-order valence-corrected chi connectivity index (χ1v) is 5.19. The predicted molar refractivity (Wildman–Crippen MR) is 56.0 cm³/mol. The highest BCUT2D eigenvalue weighted by atomic mass is 79.9. The zero-order valence-corrected chi connectivity index (χ0v) is 9.93. The van der Waals surface area contributed by atoms with Gasteiger partial charge >= 0.3 is 6.03 Å². The molecule has 0 saturated carbocycles. The van der Waals surface area contributed by atoms with Crippen molar-refractivity contribution in [3.8, 4) is 0 Å². The molecule has 0 aliphatic carbocycles. The highest BCUT2D eigenvalue weighted by Crippen LogP contribution is 2.08. The van der Waals surface area contributed by atoms with Crippen LogP contribution in [0.3, 0.4) is 0 Å². The van der Waals surface area contributed by atoms with Crippen LogP contribution in [0.25, 0.3) is 0 Å². The third-order valence-corrected chi connectivity index (χ3v) is 2.36. The molecule has 2 aromatic heterocycles. The molecule has 0 aliphatic heterocycles. The molecule has 0 aromatic carbocycles. The average Bonchev–Trinajstić information content (AvgIpc) is 2.73. The lowest BCUT2D eigenvalue weighted by Gasteiger charge is -1.98. The van der Waals surface area contributed by atoms with E-state index in [-0.39, 0.29) is 6.03 Å². The van der Waals surface area contributed by atoms with E-state index < -0.39 is 0 Å². The molecule has 2 heterocycles. The van der Waals surface area contributed by atoms with Crippen LogP contribution >= 0.6 is 31.9 Å². The maximum absolute atomic E-state index is 11.7. The molecule has 0 aliphatic rings. The number of hydrogen-bond donors (Lipinski definition) is 0. The first-order valence-electron chi connectivity index (χ1n) is 3.60. The zero-order chi connectivity index (χ0) is 10.1. The fourth-order valence-electron chi connectivity index (χ4n) is 0.940. The zero-order valence-electron chi connectivity index (χ0n) is 6.76. The van der Waals surface area contributed by atoms with E-state index in [1.165, 1.54) is 21.8 Å². The Labute approximate surface area is 96.0 Å². The Balaban J connectivity index is 2.33. The van der Waals surface area contributed by atoms with Crippen molar-refractivity contribution in [3.63, 3.8) is 0 Å². The van der Waals surface area contributed by atoms with Crippen molar-refractivity contribution in [2.45, 2.75) is 0 Å². The lowest BCUT2D eigenvalue weighted by molar-refractivity contribution is 0.244. The molecule has 72 valence electrons. The number of hydrogen-bond acceptors (Lipinski definition) is 3. The third kappa shape index (κ3) is 1.78. The smallest absolute Gasteiger partial charge is 0.256 e. The Hall–Kier alpha value is -0.950. The summed E-state index contributed by atoms with van der Waals surface area (Å²) in [7, 11) is 0. The number of imidazole rings is 2. The SMILES string of the molecule is O=C(n1cnc(Br)c1)n1cnc(Br)c1. The molecule has 0 fully saturated rings. The summed E-state index contributed by atoms with van der Waals surface area (Å²) in [6.07, 6.45) is 6.02. The van der Waals surface area contributed by atoms with E-state index in [2.05, 4.69) is 41.8 Å². The van der Waals surface area contributed by atoms with E-state index in [1.54, 1.807) is 12.4 Å². The van der Waals surface area contributed by atoms with E-state index in [0.717, 1.165) is 0 Å². The molecule has 0 N–H and O–H groups in total. The molecule has 0 unspecified atom stereocenters. The second kappa shape index (κ2) is 3.66. The van der Waals surface area contributed by atoms with Gasteiger partial charge in [0.05, 0.1) is 0 Å². The van der Waals surface area contributed by atoms with Crippen molar-refractivity contribution in [1.29, 1.82) is 0 Å². The topological polar surface area (TPSA) is 52.7 Å². The quantitative estimate of drug-likeness (QED) is 0.747. The fourth-order valence-corrected chi connectivity index (χ4v) is 1.56. The lowest BCUT2D eigenvalue weighted by atomic mass is 10.8. The molecule has 0 atom stereocenters. The summed E-state index contributed by atoms with van der Waals surface area (Å²) < 4.78 is 3.95. The van der Waals surface area contributed by atoms with Gasteiger partial charge in [-0.2, -0.15) is 0 Å². The maximum atomic E-state index is 11.7. The molecule has 0 amide bonds. The van der Waals surface area contributed by atoms with Gasteiger partial charge in [0.15, 0.2) is 0 Å². The summed E-state index contributed by atoms with van der Waals surface area (Å²) >= 11 is 6.32. The molecular formula is C7H4Br2N4O. The van der Waals surface area contributed by atoms with Gasteiger partial charge in [-0.15, -0.1) is 0 Å². The first kappa shape index (κ1) is 9.60. The largest absolute Gasteiger partial charge is 0.338 e. The Bertz CT molecular complexity index is 433. The summed E-state index contributed by atoms with van der Waals surface area (Å²) in [5.41, 5.74) is 0. The van der Waals surface area contributed by atoms with Gasteiger partial charge in [0, 0.05) is 12.4 Å². The van der Waals surface area contributed by atoms with Crippen LogP contribution in [-0.4, -0.2) is 25.1 Å². The molecule has 7 heteroatoms. The minimum Gasteiger partial charge on any atom is -0.256 e. The summed E-state index contributed by atoms with van der Waals surface area (Å²) in [5, 5.41) is 0. The normalized spacial score (nSPS) is 10.4. The molecule has 2 rings (SSSR count). The number of halogens is 2. The lowest BCUT2D eigenvalue weighted by Crippen LogP contribution is -2.15. The highest BCUT2D eigenvalue weighted by Gasteiger charge is 2.08. The summed E-state index contributed by atoms with van der Waals surface area (Å²) in [6.45, 7) is 0. The third-order valence-electron chi connectivity index (χ3n) is 1.54. The van der Waals surface area contributed by atoms with Crippen LogP contribution in [-0.2, 0) is 0 Å². The number of nitrogens with zero attached hydrogens (tertiary/aromatic N) is 4. The van der Waals surface area contributed by atoms with Gasteiger partial charge in [-0.25, -0.2) is 14.8 Å². The van der Waals surface area contributed by atoms with Gasteiger partial charge in [0.2, 0.25) is 0 Å². The van der Waals surface area contributed by atoms with Crippen LogP contribution < -0.4 is 0 Å². The number of rotatable bonds is 0. The van der Waals surface area contributed by atoms with Gasteiger partial charge < -0.3 is 0 Å². The standard InChI is InChI=1S/C7H4Br2N4O/c8-5-1-12(3-10-5)7(14)13-2-6(9)11-4-13/h1-4H. The summed E-state index contributed by atoms with van der Waals surface area (Å²) in [5.74, 6) is 0. The summed E-state index contributed by atoms with van der Waals surface area (Å²) in [4.78, 5) is 19.4. The van der Waals surface area contributed by atoms with Crippen LogP contribution in [0.2, 0.25) is 0 Å². The average molecular weight is 320 g/mol. The van der Waals surface area contributed by atoms with Gasteiger partial charge in [-0.05, 0) is 31.9 Å². The van der Waals surface area contributed by atoms with Crippen molar-refractivity contribution >= 4 is 37.9 Å². The van der Waals surface area contributed by atoms with Crippen molar-refractivity contribution in [2.75, 3.05) is 0 Å². The van der Waals surface area contributed by atoms with Crippen LogP contribution in [0.4, 0.5) is 4.79 Å². The number of carbonyl (C=O) groups is 1. The van der Waals surface area contributed by atoms with Crippen LogP contribution in [0.15, 0.2) is 34.3 Å². The Kier molecular flexibility index (Phi) is 2.51. The molecule has 2 aromatic rings. The van der Waals surface area contributed by atoms with Gasteiger partial charge in [-0.3, -0.25) is 9.13 Å². The molecule has 0 radical (unpaired) electrons. The van der Waals surface area contributed by atoms with Crippen LogP contribution in [0, 0.1) is 0 Å². The molecule has 0 bridgehead atoms. The van der Waals surface area contributed by atoms with Crippen molar-refractivity contribution < 1.29 is 4.79 Å². The Morgan fingerprint density at radius 1 is 1.07 bits per heavy atom. The second-order valence-corrected chi connectivity index (χ2v) is 4.11. The second-order valence-electron chi connectivity index (χ2n) is 2.49. The van der Waals surface area contributed by atoms with E-state index >= 15 is 0 Å². The number of aromatic nitrogens is 4. The number of carbonyl (C=O) groups excluding carboxylic acids is 1. The molecule has 14 heavy (non-hydrogen) atoms. The van der Waals surface area contributed by atoms with E-state index in [9.17, 15) is 4.79 Å². The maximum Gasteiger partial charge on any atom is 0.338 e. The van der Waals surface area contributed by atoms with Crippen LogP contribution in [0.5, 0.6) is 0 Å². The highest BCUT2D eigenvalue weighted by molar-refractivity contribution is 9.10. The minimum absolute atomic E-state index is 0.235.